The highest BCUT2D eigenvalue weighted by Crippen LogP contribution is 2.03. The molecule has 0 fully saturated rings. The zero-order valence-corrected chi connectivity index (χ0v) is 12.5. The topological polar surface area (TPSA) is 99.7 Å². The van der Waals surface area contributed by atoms with E-state index in [1.807, 2.05) is 4.57 Å². The van der Waals surface area contributed by atoms with E-state index >= 15 is 0 Å². The number of methoxy groups -OCH3 is 1. The van der Waals surface area contributed by atoms with Crippen LogP contribution in [0.15, 0.2) is 6.33 Å². The molecule has 21 heavy (non-hydrogen) atoms. The van der Waals surface area contributed by atoms with Gasteiger partial charge in [0, 0.05) is 27.3 Å². The van der Waals surface area contributed by atoms with Gasteiger partial charge in [-0.05, 0) is 18.0 Å². The minimum absolute atomic E-state index is 0.0212. The number of aryl methyl sites for hydroxylation is 2. The number of ether oxygens (including phenoxy) is 1. The lowest BCUT2D eigenvalue weighted by Crippen LogP contribution is -2.26. The van der Waals surface area contributed by atoms with E-state index in [-0.39, 0.29) is 17.7 Å². The van der Waals surface area contributed by atoms with E-state index in [9.17, 15) is 4.79 Å². The van der Waals surface area contributed by atoms with Crippen LogP contribution in [0.1, 0.15) is 22.9 Å². The molecule has 2 heterocycles. The second-order valence-corrected chi connectivity index (χ2v) is 4.64. The van der Waals surface area contributed by atoms with Gasteiger partial charge in [0.2, 0.25) is 11.1 Å². The number of nitrogens with one attached hydrogen (secondary N) is 1. The smallest absolute Gasteiger partial charge is 0.291 e. The molecule has 0 radical (unpaired) electrons. The number of amides is 1. The van der Waals surface area contributed by atoms with Gasteiger partial charge in [-0.1, -0.05) is 0 Å². The third kappa shape index (κ3) is 3.99. The van der Waals surface area contributed by atoms with Gasteiger partial charge in [-0.15, -0.1) is 15.3 Å². The molecule has 114 valence electrons. The Balaban J connectivity index is 1.91. The van der Waals surface area contributed by atoms with Gasteiger partial charge in [0.15, 0.2) is 5.82 Å². The Morgan fingerprint density at radius 3 is 3.00 bits per heavy atom. The number of aromatic nitrogens is 6. The summed E-state index contributed by atoms with van der Waals surface area (Å²) in [6.45, 7) is 1.61. The van der Waals surface area contributed by atoms with Gasteiger partial charge < -0.3 is 14.6 Å². The van der Waals surface area contributed by atoms with Gasteiger partial charge in [0.25, 0.3) is 5.91 Å². The molecule has 0 saturated heterocycles. The molecule has 0 atom stereocenters. The molecular weight excluding hydrogens is 298 g/mol. The van der Waals surface area contributed by atoms with Crippen LogP contribution in [-0.2, 0) is 24.9 Å². The first-order valence-corrected chi connectivity index (χ1v) is 6.70. The van der Waals surface area contributed by atoms with Crippen LogP contribution in [0.4, 0.5) is 0 Å². The van der Waals surface area contributed by atoms with Crippen molar-refractivity contribution in [3.8, 4) is 0 Å². The first kappa shape index (κ1) is 15.4. The van der Waals surface area contributed by atoms with Crippen LogP contribution in [0, 0.1) is 0 Å². The number of halogens is 1. The van der Waals surface area contributed by atoms with Crippen molar-refractivity contribution in [1.29, 1.82) is 0 Å². The van der Waals surface area contributed by atoms with Gasteiger partial charge in [0.1, 0.15) is 6.33 Å². The summed E-state index contributed by atoms with van der Waals surface area (Å²) in [5.74, 6) is 0.262. The van der Waals surface area contributed by atoms with Crippen LogP contribution in [0.5, 0.6) is 0 Å². The SMILES string of the molecule is COCCCn1cnnc1CNC(=O)c1nc(Cl)n(C)n1. The average molecular weight is 314 g/mol. The Morgan fingerprint density at radius 2 is 2.33 bits per heavy atom. The zero-order valence-electron chi connectivity index (χ0n) is 11.8. The van der Waals surface area contributed by atoms with E-state index in [1.165, 1.54) is 4.68 Å². The average Bonchev–Trinajstić information content (AvgIpc) is 3.04. The maximum absolute atomic E-state index is 11.9. The van der Waals surface area contributed by atoms with Crippen LogP contribution >= 0.6 is 11.6 Å². The molecule has 2 aromatic rings. The highest BCUT2D eigenvalue weighted by molar-refractivity contribution is 6.28. The van der Waals surface area contributed by atoms with Crippen LogP contribution in [0.3, 0.4) is 0 Å². The van der Waals surface area contributed by atoms with E-state index in [0.29, 0.717) is 12.4 Å². The summed E-state index contributed by atoms with van der Waals surface area (Å²) in [4.78, 5) is 15.7. The van der Waals surface area contributed by atoms with Gasteiger partial charge in [0.05, 0.1) is 6.54 Å². The summed E-state index contributed by atoms with van der Waals surface area (Å²) in [6.07, 6.45) is 2.46. The number of carbonyl (C=O) groups excluding carboxylic acids is 1. The first-order valence-electron chi connectivity index (χ1n) is 6.32. The molecule has 0 unspecified atom stereocenters. The number of hydrogen-bond donors (Lipinski definition) is 1. The fourth-order valence-electron chi connectivity index (χ4n) is 1.68. The number of carbonyl (C=O) groups is 1. The first-order chi connectivity index (χ1) is 10.1. The van der Waals surface area contributed by atoms with Crippen molar-refractivity contribution >= 4 is 17.5 Å². The summed E-state index contributed by atoms with van der Waals surface area (Å²) >= 11 is 5.74. The van der Waals surface area contributed by atoms with Crippen LogP contribution in [-0.4, -0.2) is 49.2 Å². The highest BCUT2D eigenvalue weighted by atomic mass is 35.5. The number of hydrogen-bond acceptors (Lipinski definition) is 6. The Kier molecular flexibility index (Phi) is 5.23. The Hall–Kier alpha value is -2.00. The molecule has 0 aromatic carbocycles. The summed E-state index contributed by atoms with van der Waals surface area (Å²) in [6, 6.07) is 0. The lowest BCUT2D eigenvalue weighted by molar-refractivity contribution is 0.0938. The van der Waals surface area contributed by atoms with Crippen LogP contribution < -0.4 is 5.32 Å². The van der Waals surface area contributed by atoms with E-state index in [4.69, 9.17) is 16.3 Å². The fraction of sp³-hybridized carbons (Fsp3) is 0.545. The molecule has 0 spiro atoms. The molecule has 0 aliphatic rings. The Bertz CT molecular complexity index is 590. The summed E-state index contributed by atoms with van der Waals surface area (Å²) < 4.78 is 8.18. The van der Waals surface area contributed by atoms with E-state index in [0.717, 1.165) is 13.0 Å². The predicted molar refractivity (Wildman–Crippen MR) is 73.7 cm³/mol. The molecule has 0 saturated carbocycles. The van der Waals surface area contributed by atoms with Crippen LogP contribution in [0.25, 0.3) is 0 Å². The van der Waals surface area contributed by atoms with E-state index in [2.05, 4.69) is 25.6 Å². The van der Waals surface area contributed by atoms with Gasteiger partial charge in [-0.3, -0.25) is 4.79 Å². The number of nitrogens with zero attached hydrogens (tertiary/aromatic N) is 6. The zero-order chi connectivity index (χ0) is 15.2. The monoisotopic (exact) mass is 313 g/mol. The molecule has 10 heteroatoms. The third-order valence-electron chi connectivity index (χ3n) is 2.76. The molecule has 0 aliphatic carbocycles. The van der Waals surface area contributed by atoms with E-state index in [1.54, 1.807) is 20.5 Å². The lowest BCUT2D eigenvalue weighted by atomic mass is 10.4. The van der Waals surface area contributed by atoms with Crippen molar-refractivity contribution in [2.45, 2.75) is 19.5 Å². The summed E-state index contributed by atoms with van der Waals surface area (Å²) in [5, 5.41) is 14.5. The predicted octanol–water partition coefficient (Wildman–Crippen LogP) is 0.0265. The molecule has 2 rings (SSSR count). The normalized spacial score (nSPS) is 10.8. The molecule has 0 aliphatic heterocycles. The summed E-state index contributed by atoms with van der Waals surface area (Å²) in [5.41, 5.74) is 0. The quantitative estimate of drug-likeness (QED) is 0.724. The Morgan fingerprint density at radius 1 is 1.52 bits per heavy atom. The second kappa shape index (κ2) is 7.14. The van der Waals surface area contributed by atoms with Crippen molar-refractivity contribution in [1.82, 2.24) is 34.8 Å². The number of rotatable bonds is 7. The second-order valence-electron chi connectivity index (χ2n) is 4.30. The maximum Gasteiger partial charge on any atom is 0.291 e. The van der Waals surface area contributed by atoms with Gasteiger partial charge in [-0.2, -0.15) is 4.98 Å². The fourth-order valence-corrected chi connectivity index (χ4v) is 1.80. The summed E-state index contributed by atoms with van der Waals surface area (Å²) in [7, 11) is 3.26. The van der Waals surface area contributed by atoms with Gasteiger partial charge >= 0.3 is 0 Å². The van der Waals surface area contributed by atoms with Gasteiger partial charge in [-0.25, -0.2) is 4.68 Å². The van der Waals surface area contributed by atoms with Crippen molar-refractivity contribution in [2.75, 3.05) is 13.7 Å². The maximum atomic E-state index is 11.9. The molecule has 2 aromatic heterocycles. The standard InChI is InChI=1S/C11H16ClN7O2/c1-18-11(12)15-9(17-18)10(20)13-6-8-16-14-7-19(8)4-3-5-21-2/h7H,3-6H2,1-2H3,(H,13,20). The van der Waals surface area contributed by atoms with Crippen molar-refractivity contribution in [3.05, 3.63) is 23.3 Å². The molecule has 0 bridgehead atoms. The lowest BCUT2D eigenvalue weighted by Gasteiger charge is -2.06. The minimum atomic E-state index is -0.413. The molecule has 1 N–H and O–H groups in total. The van der Waals surface area contributed by atoms with Crippen LogP contribution in [0.2, 0.25) is 5.28 Å². The third-order valence-corrected chi connectivity index (χ3v) is 3.09. The highest BCUT2D eigenvalue weighted by Gasteiger charge is 2.14. The molecule has 1 amide bonds. The Labute approximate surface area is 126 Å². The molecule has 9 nitrogen and oxygen atoms in total. The van der Waals surface area contributed by atoms with Crippen molar-refractivity contribution < 1.29 is 9.53 Å². The van der Waals surface area contributed by atoms with Crippen molar-refractivity contribution in [3.63, 3.8) is 0 Å². The van der Waals surface area contributed by atoms with Crippen molar-refractivity contribution in [2.24, 2.45) is 7.05 Å². The van der Waals surface area contributed by atoms with E-state index < -0.39 is 5.91 Å². The minimum Gasteiger partial charge on any atom is -0.385 e. The molecular formula is C11H16ClN7O2. The largest absolute Gasteiger partial charge is 0.385 e.